The van der Waals surface area contributed by atoms with Crippen molar-refractivity contribution >= 4 is 11.0 Å². The highest BCUT2D eigenvalue weighted by molar-refractivity contribution is 5.88. The van der Waals surface area contributed by atoms with E-state index in [1.54, 1.807) is 31.2 Å². The van der Waals surface area contributed by atoms with E-state index in [9.17, 15) is 30.3 Å². The molecular formula is C22H22O8. The number of phenols is 2. The van der Waals surface area contributed by atoms with Gasteiger partial charge in [0.2, 0.25) is 5.43 Å². The summed E-state index contributed by atoms with van der Waals surface area (Å²) < 4.78 is 11.2. The van der Waals surface area contributed by atoms with Crippen molar-refractivity contribution in [2.45, 2.75) is 37.8 Å². The van der Waals surface area contributed by atoms with Crippen LogP contribution in [-0.2, 0) is 0 Å². The molecule has 30 heavy (non-hydrogen) atoms. The molecule has 1 saturated carbocycles. The molecule has 2 aromatic carbocycles. The molecule has 158 valence electrons. The Hall–Kier alpha value is -3.07. The molecule has 0 bridgehead atoms. The van der Waals surface area contributed by atoms with Crippen LogP contribution in [-0.4, -0.2) is 49.9 Å². The number of hydrogen-bond acceptors (Lipinski definition) is 8. The number of rotatable bonds is 3. The van der Waals surface area contributed by atoms with Crippen LogP contribution in [0.4, 0.5) is 0 Å². The van der Waals surface area contributed by atoms with Crippen molar-refractivity contribution in [3.05, 3.63) is 52.9 Å². The molecule has 3 aromatic rings. The van der Waals surface area contributed by atoms with Gasteiger partial charge in [-0.25, -0.2) is 0 Å². The van der Waals surface area contributed by atoms with E-state index in [4.69, 9.17) is 9.15 Å². The van der Waals surface area contributed by atoms with Crippen molar-refractivity contribution in [3.63, 3.8) is 0 Å². The Kier molecular flexibility index (Phi) is 5.15. The van der Waals surface area contributed by atoms with Gasteiger partial charge in [-0.15, -0.1) is 0 Å². The third-order valence-corrected chi connectivity index (χ3v) is 5.56. The monoisotopic (exact) mass is 414 g/mol. The molecule has 5 atom stereocenters. The lowest BCUT2D eigenvalue weighted by Crippen LogP contribution is -2.54. The second kappa shape index (κ2) is 7.64. The summed E-state index contributed by atoms with van der Waals surface area (Å²) in [5.74, 6) is -0.394. The standard InChI is InChI=1S/C22H22O8/c1-10-6-17(21(27)22(28)19(10)25)30-13-4-2-11(3-5-13)14-9-29-16-8-12(23)7-15(24)18(16)20(14)26/h2-5,7-10,17,19,21-25,27-28H,6H2,1H3. The minimum Gasteiger partial charge on any atom is -0.508 e. The Morgan fingerprint density at radius 1 is 1.00 bits per heavy atom. The van der Waals surface area contributed by atoms with Gasteiger partial charge in [0.25, 0.3) is 0 Å². The second-order valence-electron chi connectivity index (χ2n) is 7.68. The Morgan fingerprint density at radius 2 is 1.70 bits per heavy atom. The lowest BCUT2D eigenvalue weighted by atomic mass is 9.82. The van der Waals surface area contributed by atoms with Crippen molar-refractivity contribution in [1.82, 2.24) is 0 Å². The summed E-state index contributed by atoms with van der Waals surface area (Å²) in [7, 11) is 0. The number of aliphatic hydroxyl groups is 3. The molecule has 5 N–H and O–H groups in total. The maximum atomic E-state index is 12.8. The van der Waals surface area contributed by atoms with Crippen molar-refractivity contribution in [3.8, 4) is 28.4 Å². The number of phenolic OH excluding ortho intramolecular Hbond substituents is 2. The largest absolute Gasteiger partial charge is 0.508 e. The SMILES string of the molecule is CC1CC(Oc2ccc(-c3coc4cc(O)cc(O)c4c3=O)cc2)C(O)C(O)C1O. The number of fused-ring (bicyclic) bond motifs is 1. The van der Waals surface area contributed by atoms with Gasteiger partial charge in [-0.1, -0.05) is 19.1 Å². The van der Waals surface area contributed by atoms with Crippen LogP contribution in [0.25, 0.3) is 22.1 Å². The Balaban J connectivity index is 1.60. The minimum absolute atomic E-state index is 0.0301. The molecule has 1 fully saturated rings. The smallest absolute Gasteiger partial charge is 0.204 e. The lowest BCUT2D eigenvalue weighted by molar-refractivity contribution is -0.147. The molecule has 8 nitrogen and oxygen atoms in total. The summed E-state index contributed by atoms with van der Waals surface area (Å²) in [5.41, 5.74) is 0.372. The fraction of sp³-hybridized carbons (Fsp3) is 0.318. The molecule has 0 saturated heterocycles. The topological polar surface area (TPSA) is 141 Å². The van der Waals surface area contributed by atoms with Gasteiger partial charge in [-0.05, 0) is 30.0 Å². The van der Waals surface area contributed by atoms with E-state index in [2.05, 4.69) is 0 Å². The van der Waals surface area contributed by atoms with E-state index in [1.165, 1.54) is 12.3 Å². The highest BCUT2D eigenvalue weighted by atomic mass is 16.5. The highest BCUT2D eigenvalue weighted by Gasteiger charge is 2.41. The molecule has 4 rings (SSSR count). The van der Waals surface area contributed by atoms with Crippen LogP contribution in [0.1, 0.15) is 13.3 Å². The van der Waals surface area contributed by atoms with Gasteiger partial charge in [0.05, 0.1) is 11.7 Å². The van der Waals surface area contributed by atoms with E-state index >= 15 is 0 Å². The molecule has 0 radical (unpaired) electrons. The summed E-state index contributed by atoms with van der Waals surface area (Å²) in [6.45, 7) is 1.77. The molecule has 0 amide bonds. The predicted octanol–water partition coefficient (Wildman–Crippen LogP) is 1.74. The van der Waals surface area contributed by atoms with E-state index in [0.29, 0.717) is 17.7 Å². The number of hydrogen-bond donors (Lipinski definition) is 5. The minimum atomic E-state index is -1.28. The van der Waals surface area contributed by atoms with Crippen molar-refractivity contribution in [1.29, 1.82) is 0 Å². The van der Waals surface area contributed by atoms with Crippen LogP contribution < -0.4 is 10.2 Å². The van der Waals surface area contributed by atoms with Crippen LogP contribution in [0, 0.1) is 5.92 Å². The van der Waals surface area contributed by atoms with E-state index < -0.39 is 29.8 Å². The first-order valence-corrected chi connectivity index (χ1v) is 9.55. The van der Waals surface area contributed by atoms with Crippen molar-refractivity contribution < 1.29 is 34.7 Å². The van der Waals surface area contributed by atoms with Crippen LogP contribution in [0.15, 0.2) is 51.9 Å². The van der Waals surface area contributed by atoms with Crippen LogP contribution in [0.5, 0.6) is 17.2 Å². The zero-order valence-electron chi connectivity index (χ0n) is 16.1. The Labute approximate surface area is 171 Å². The molecule has 0 spiro atoms. The van der Waals surface area contributed by atoms with Gasteiger partial charge in [0.1, 0.15) is 52.8 Å². The summed E-state index contributed by atoms with van der Waals surface area (Å²) in [5, 5.41) is 49.5. The third-order valence-electron chi connectivity index (χ3n) is 5.56. The zero-order valence-corrected chi connectivity index (χ0v) is 16.1. The number of benzene rings is 2. The average Bonchev–Trinajstić information content (AvgIpc) is 2.71. The van der Waals surface area contributed by atoms with Crippen LogP contribution in [0.3, 0.4) is 0 Å². The average molecular weight is 414 g/mol. The summed E-state index contributed by atoms with van der Waals surface area (Å²) in [6, 6.07) is 8.82. The van der Waals surface area contributed by atoms with Crippen molar-refractivity contribution in [2.75, 3.05) is 0 Å². The van der Waals surface area contributed by atoms with Gasteiger partial charge in [-0.2, -0.15) is 0 Å². The van der Waals surface area contributed by atoms with Gasteiger partial charge in [-0.3, -0.25) is 4.79 Å². The first-order valence-electron chi connectivity index (χ1n) is 9.55. The van der Waals surface area contributed by atoms with Gasteiger partial charge in [0, 0.05) is 12.1 Å². The predicted molar refractivity (Wildman–Crippen MR) is 107 cm³/mol. The normalized spacial score (nSPS) is 26.6. The third kappa shape index (κ3) is 3.49. The van der Waals surface area contributed by atoms with Crippen LogP contribution in [0.2, 0.25) is 0 Å². The zero-order chi connectivity index (χ0) is 21.6. The maximum Gasteiger partial charge on any atom is 0.204 e. The van der Waals surface area contributed by atoms with E-state index in [1.807, 2.05) is 0 Å². The van der Waals surface area contributed by atoms with Crippen molar-refractivity contribution in [2.24, 2.45) is 5.92 Å². The van der Waals surface area contributed by atoms with Crippen LogP contribution >= 0.6 is 0 Å². The van der Waals surface area contributed by atoms with Gasteiger partial charge >= 0.3 is 0 Å². The molecule has 5 unspecified atom stereocenters. The fourth-order valence-corrected chi connectivity index (χ4v) is 3.83. The van der Waals surface area contributed by atoms with Gasteiger partial charge in [0.15, 0.2) is 0 Å². The summed E-state index contributed by atoms with van der Waals surface area (Å²) >= 11 is 0. The second-order valence-corrected chi connectivity index (χ2v) is 7.68. The number of aromatic hydroxyl groups is 2. The Morgan fingerprint density at radius 3 is 2.40 bits per heavy atom. The molecule has 1 heterocycles. The quantitative estimate of drug-likeness (QED) is 0.437. The summed E-state index contributed by atoms with van der Waals surface area (Å²) in [6.07, 6.45) is -2.56. The number of aliphatic hydroxyl groups excluding tert-OH is 3. The highest BCUT2D eigenvalue weighted by Crippen LogP contribution is 2.31. The molecular weight excluding hydrogens is 392 g/mol. The molecule has 8 heteroatoms. The van der Waals surface area contributed by atoms with Gasteiger partial charge < -0.3 is 34.7 Å². The molecule has 1 aromatic heterocycles. The van der Waals surface area contributed by atoms with E-state index in [-0.39, 0.29) is 33.9 Å². The fourth-order valence-electron chi connectivity index (χ4n) is 3.83. The number of ether oxygens (including phenoxy) is 1. The molecule has 1 aliphatic carbocycles. The molecule has 1 aliphatic rings. The Bertz CT molecular complexity index is 1120. The first-order chi connectivity index (χ1) is 14.3. The summed E-state index contributed by atoms with van der Waals surface area (Å²) in [4.78, 5) is 12.8. The lowest BCUT2D eigenvalue weighted by Gasteiger charge is -2.39. The van der Waals surface area contributed by atoms with E-state index in [0.717, 1.165) is 6.07 Å². The first kappa shape index (κ1) is 20.2. The maximum absolute atomic E-state index is 12.8. The molecule has 0 aliphatic heterocycles.